The summed E-state index contributed by atoms with van der Waals surface area (Å²) in [7, 11) is 0. The molecule has 0 spiro atoms. The van der Waals surface area contributed by atoms with Gasteiger partial charge in [-0.25, -0.2) is 4.98 Å². The maximum absolute atomic E-state index is 13.4. The summed E-state index contributed by atoms with van der Waals surface area (Å²) in [6, 6.07) is 7.57. The van der Waals surface area contributed by atoms with Gasteiger partial charge in [0.1, 0.15) is 23.7 Å². The highest BCUT2D eigenvalue weighted by molar-refractivity contribution is 5.78. The highest BCUT2D eigenvalue weighted by atomic mass is 16.7. The van der Waals surface area contributed by atoms with Gasteiger partial charge in [0.25, 0.3) is 0 Å². The minimum Gasteiger partial charge on any atom is -0.507 e. The standard InChI is InChI=1S/C29H30N2O6/c1-13-6-18(7-19(10-32)28(13)33)25-20-8-23-24(37-12-36-23)9-21(20)27(22-11-35-29(34)26(22)25)31-16(4)14(2)30-15(3)17(31)5/h6-9,22,25-27,32H,10-12H2,1-5H3/p+1/t22-,25+,26-,27+/m0/s1. The average Bonchev–Trinajstić information content (AvgIpc) is 3.49. The number of aromatic nitrogens is 2. The summed E-state index contributed by atoms with van der Waals surface area (Å²) >= 11 is 0. The minimum atomic E-state index is -0.451. The number of hydrogen-bond donors (Lipinski definition) is 2. The third-order valence-corrected chi connectivity index (χ3v) is 8.46. The first kappa shape index (κ1) is 23.7. The molecule has 6 rings (SSSR count). The number of phenols is 1. The van der Waals surface area contributed by atoms with Gasteiger partial charge in [0, 0.05) is 30.9 Å². The molecule has 4 atom stereocenters. The fourth-order valence-corrected chi connectivity index (χ4v) is 6.48. The van der Waals surface area contributed by atoms with Crippen molar-refractivity contribution in [3.63, 3.8) is 0 Å². The van der Waals surface area contributed by atoms with Crippen molar-refractivity contribution in [3.8, 4) is 17.2 Å². The first-order chi connectivity index (χ1) is 17.7. The van der Waals surface area contributed by atoms with Gasteiger partial charge in [0.05, 0.1) is 18.4 Å². The number of fused-ring (bicyclic) bond motifs is 3. The third kappa shape index (κ3) is 3.42. The summed E-state index contributed by atoms with van der Waals surface area (Å²) in [5, 5.41) is 20.4. The molecule has 3 aromatic rings. The van der Waals surface area contributed by atoms with Gasteiger partial charge >= 0.3 is 5.97 Å². The zero-order valence-electron chi connectivity index (χ0n) is 21.7. The van der Waals surface area contributed by atoms with Crippen molar-refractivity contribution in [2.24, 2.45) is 11.8 Å². The lowest BCUT2D eigenvalue weighted by Gasteiger charge is -2.37. The second-order valence-electron chi connectivity index (χ2n) is 10.4. The Bertz CT molecular complexity index is 1440. The number of cyclic esters (lactones) is 1. The lowest BCUT2D eigenvalue weighted by molar-refractivity contribution is -0.734. The molecule has 192 valence electrons. The highest BCUT2D eigenvalue weighted by Crippen LogP contribution is 2.54. The summed E-state index contributed by atoms with van der Waals surface area (Å²) < 4.78 is 19.6. The molecule has 0 amide bonds. The Morgan fingerprint density at radius 2 is 1.59 bits per heavy atom. The second-order valence-corrected chi connectivity index (χ2v) is 10.4. The van der Waals surface area contributed by atoms with Gasteiger partial charge in [-0.3, -0.25) is 4.79 Å². The normalized spacial score (nSPS) is 23.6. The number of ether oxygens (including phenoxy) is 3. The van der Waals surface area contributed by atoms with Crippen LogP contribution in [0.5, 0.6) is 17.2 Å². The van der Waals surface area contributed by atoms with E-state index in [2.05, 4.69) is 18.4 Å². The minimum absolute atomic E-state index is 0.0703. The molecule has 1 saturated heterocycles. The maximum atomic E-state index is 13.4. The zero-order valence-corrected chi connectivity index (χ0v) is 21.7. The largest absolute Gasteiger partial charge is 0.507 e. The molecule has 1 aromatic heterocycles. The van der Waals surface area contributed by atoms with Crippen LogP contribution >= 0.6 is 0 Å². The quantitative estimate of drug-likeness (QED) is 0.417. The molecule has 1 aliphatic carbocycles. The predicted molar refractivity (Wildman–Crippen MR) is 133 cm³/mol. The first-order valence-electron chi connectivity index (χ1n) is 12.6. The Morgan fingerprint density at radius 1 is 0.946 bits per heavy atom. The fraction of sp³-hybridized carbons (Fsp3) is 0.414. The van der Waals surface area contributed by atoms with Crippen molar-refractivity contribution in [2.75, 3.05) is 13.4 Å². The monoisotopic (exact) mass is 503 g/mol. The van der Waals surface area contributed by atoms with Crippen LogP contribution < -0.4 is 14.0 Å². The molecule has 0 saturated carbocycles. The van der Waals surface area contributed by atoms with E-state index >= 15 is 0 Å². The van der Waals surface area contributed by atoms with Crippen LogP contribution in [0.25, 0.3) is 0 Å². The van der Waals surface area contributed by atoms with Crippen molar-refractivity contribution in [1.82, 2.24) is 4.98 Å². The molecule has 2 aromatic carbocycles. The molecule has 1 fully saturated rings. The lowest BCUT2D eigenvalue weighted by Crippen LogP contribution is -2.54. The van der Waals surface area contributed by atoms with E-state index in [-0.39, 0.29) is 43.0 Å². The van der Waals surface area contributed by atoms with E-state index in [9.17, 15) is 15.0 Å². The van der Waals surface area contributed by atoms with Gasteiger partial charge in [0.15, 0.2) is 28.9 Å². The van der Waals surface area contributed by atoms with Crippen molar-refractivity contribution in [1.29, 1.82) is 0 Å². The van der Waals surface area contributed by atoms with E-state index in [4.69, 9.17) is 19.2 Å². The predicted octanol–water partition coefficient (Wildman–Crippen LogP) is 3.36. The summed E-state index contributed by atoms with van der Waals surface area (Å²) in [6.07, 6.45) is 0. The number of benzene rings is 2. The number of rotatable bonds is 3. The Balaban J connectivity index is 1.67. The molecular formula is C29H31N2O6+. The van der Waals surface area contributed by atoms with Crippen molar-refractivity contribution in [3.05, 3.63) is 74.9 Å². The summed E-state index contributed by atoms with van der Waals surface area (Å²) in [5.41, 5.74) is 7.90. The zero-order chi connectivity index (χ0) is 26.2. The van der Waals surface area contributed by atoms with Gasteiger partial charge in [-0.1, -0.05) is 6.07 Å². The number of carbonyl (C=O) groups excluding carboxylic acids is 1. The highest BCUT2D eigenvalue weighted by Gasteiger charge is 2.56. The summed E-state index contributed by atoms with van der Waals surface area (Å²) in [6.45, 7) is 10.1. The van der Waals surface area contributed by atoms with E-state index in [0.717, 1.165) is 39.5 Å². The Kier molecular flexibility index (Phi) is 5.42. The van der Waals surface area contributed by atoms with Gasteiger partial charge in [-0.15, -0.1) is 0 Å². The van der Waals surface area contributed by atoms with Crippen LogP contribution in [0.1, 0.15) is 62.6 Å². The number of aliphatic hydroxyl groups excluding tert-OH is 1. The molecule has 3 heterocycles. The Morgan fingerprint density at radius 3 is 2.24 bits per heavy atom. The van der Waals surface area contributed by atoms with E-state index in [0.29, 0.717) is 29.2 Å². The average molecular weight is 504 g/mol. The summed E-state index contributed by atoms with van der Waals surface area (Å²) in [5.74, 6) is 0.233. The topological polar surface area (TPSA) is 102 Å². The number of aryl methyl sites for hydroxylation is 3. The van der Waals surface area contributed by atoms with Gasteiger partial charge in [-0.05, 0) is 55.7 Å². The number of aliphatic hydroxyl groups is 1. The van der Waals surface area contributed by atoms with E-state index in [1.807, 2.05) is 32.0 Å². The van der Waals surface area contributed by atoms with Crippen LogP contribution in [0, 0.1) is 46.5 Å². The van der Waals surface area contributed by atoms with Gasteiger partial charge in [-0.2, -0.15) is 4.57 Å². The third-order valence-electron chi connectivity index (χ3n) is 8.46. The molecule has 8 nitrogen and oxygen atoms in total. The molecule has 37 heavy (non-hydrogen) atoms. The van der Waals surface area contributed by atoms with Crippen LogP contribution in [0.2, 0.25) is 0 Å². The van der Waals surface area contributed by atoms with Crippen LogP contribution in [0.4, 0.5) is 0 Å². The van der Waals surface area contributed by atoms with Gasteiger partial charge in [0.2, 0.25) is 6.79 Å². The van der Waals surface area contributed by atoms with E-state index in [1.54, 1.807) is 13.0 Å². The number of nitrogens with zero attached hydrogens (tertiary/aromatic N) is 2. The molecule has 2 aliphatic heterocycles. The molecule has 0 unspecified atom stereocenters. The molecule has 0 bridgehead atoms. The molecular weight excluding hydrogens is 472 g/mol. The van der Waals surface area contributed by atoms with Crippen molar-refractivity contribution >= 4 is 5.97 Å². The summed E-state index contributed by atoms with van der Waals surface area (Å²) in [4.78, 5) is 18.2. The van der Waals surface area contributed by atoms with Crippen LogP contribution in [0.15, 0.2) is 24.3 Å². The fourth-order valence-electron chi connectivity index (χ4n) is 6.48. The smallest absolute Gasteiger partial charge is 0.310 e. The number of carbonyl (C=O) groups is 1. The molecule has 3 aliphatic rings. The maximum Gasteiger partial charge on any atom is 0.310 e. The second kappa shape index (κ2) is 8.45. The number of hydrogen-bond acceptors (Lipinski definition) is 7. The number of aromatic hydroxyl groups is 1. The van der Waals surface area contributed by atoms with Crippen molar-refractivity contribution < 1.29 is 33.8 Å². The van der Waals surface area contributed by atoms with Crippen LogP contribution in [-0.4, -0.2) is 34.6 Å². The van der Waals surface area contributed by atoms with Crippen LogP contribution in [-0.2, 0) is 16.1 Å². The Labute approximate surface area is 215 Å². The Hall–Kier alpha value is -3.65. The van der Waals surface area contributed by atoms with E-state index < -0.39 is 5.92 Å². The SMILES string of the molecule is Cc1cc([C@@H]2c3cc4c(cc3[C@@H]([n+]3c(C)c(C)nc(C)c3C)[C@H]3COC(=O)[C@H]23)OCO4)cc(CO)c1O. The van der Waals surface area contributed by atoms with Crippen molar-refractivity contribution in [2.45, 2.75) is 53.2 Å². The van der Waals surface area contributed by atoms with Gasteiger partial charge < -0.3 is 24.4 Å². The lowest BCUT2D eigenvalue weighted by atomic mass is 9.64. The molecule has 2 N–H and O–H groups in total. The molecule has 0 radical (unpaired) electrons. The van der Waals surface area contributed by atoms with E-state index in [1.165, 1.54) is 0 Å². The molecule has 8 heteroatoms. The first-order valence-corrected chi connectivity index (χ1v) is 12.6. The van der Waals surface area contributed by atoms with Crippen LogP contribution in [0.3, 0.4) is 0 Å². The number of esters is 1.